The molecule has 1 N–H and O–H groups in total. The first kappa shape index (κ1) is 14.4. The number of hydrogen-bond donors (Lipinski definition) is 2. The van der Waals surface area contributed by atoms with Crippen LogP contribution in [0.15, 0.2) is 27.6 Å². The number of halogens is 1. The zero-order chi connectivity index (χ0) is 14.0. The first-order chi connectivity index (χ1) is 8.97. The molecule has 1 aromatic rings. The summed E-state index contributed by atoms with van der Waals surface area (Å²) in [5.41, 5.74) is 0.547. The van der Waals surface area contributed by atoms with E-state index in [1.165, 1.54) is 0 Å². The van der Waals surface area contributed by atoms with Crippen LogP contribution in [0.2, 0.25) is 0 Å². The van der Waals surface area contributed by atoms with E-state index in [9.17, 15) is 9.59 Å². The highest BCUT2D eigenvalue weighted by atomic mass is 79.9. The summed E-state index contributed by atoms with van der Waals surface area (Å²) in [6, 6.07) is 5.34. The third-order valence-electron chi connectivity index (χ3n) is 3.17. The lowest BCUT2D eigenvalue weighted by Gasteiger charge is -2.30. The Morgan fingerprint density at radius 3 is 2.89 bits per heavy atom. The van der Waals surface area contributed by atoms with Crippen molar-refractivity contribution in [3.8, 4) is 0 Å². The minimum atomic E-state index is -0.148. The molecule has 1 fully saturated rings. The molecule has 0 aliphatic carbocycles. The number of likely N-dealkylation sites (N-methyl/N-ethyl adjacent to an activating group) is 1. The third-order valence-corrected chi connectivity index (χ3v) is 4.03. The van der Waals surface area contributed by atoms with Crippen molar-refractivity contribution in [3.05, 3.63) is 28.2 Å². The largest absolute Gasteiger partial charge is 0.347 e. The molecule has 0 aromatic heterocycles. The molecule has 1 unspecified atom stereocenters. The summed E-state index contributed by atoms with van der Waals surface area (Å²) in [7, 11) is 1.75. The Morgan fingerprint density at radius 1 is 1.53 bits per heavy atom. The summed E-state index contributed by atoms with van der Waals surface area (Å²) < 4.78 is 0.886. The fraction of sp³-hybridized carbons (Fsp3) is 0.385. The maximum atomic E-state index is 12.2. The molecule has 1 aliphatic heterocycles. The molecule has 2 rings (SSSR count). The summed E-state index contributed by atoms with van der Waals surface area (Å²) in [4.78, 5) is 25.8. The van der Waals surface area contributed by atoms with Crippen LogP contribution in [-0.2, 0) is 4.79 Å². The topological polar surface area (TPSA) is 49.4 Å². The average Bonchev–Trinajstić information content (AvgIpc) is 2.33. The van der Waals surface area contributed by atoms with Crippen LogP contribution in [0.3, 0.4) is 0 Å². The van der Waals surface area contributed by atoms with Crippen LogP contribution in [-0.4, -0.2) is 36.3 Å². The van der Waals surface area contributed by atoms with Crippen LogP contribution in [0.4, 0.5) is 0 Å². The van der Waals surface area contributed by atoms with Crippen LogP contribution in [0.5, 0.6) is 0 Å². The van der Waals surface area contributed by atoms with Gasteiger partial charge < -0.3 is 10.2 Å². The number of carbonyl (C=O) groups excluding carboxylic acids is 2. The van der Waals surface area contributed by atoms with Crippen molar-refractivity contribution in [2.45, 2.75) is 23.8 Å². The van der Waals surface area contributed by atoms with Crippen molar-refractivity contribution in [1.82, 2.24) is 10.2 Å². The van der Waals surface area contributed by atoms with Crippen molar-refractivity contribution in [3.63, 3.8) is 0 Å². The number of thiol groups is 1. The molecule has 6 heteroatoms. The lowest BCUT2D eigenvalue weighted by atomic mass is 10.1. The second-order valence-electron chi connectivity index (χ2n) is 4.64. The van der Waals surface area contributed by atoms with Gasteiger partial charge in [-0.1, -0.05) is 15.9 Å². The number of piperidine rings is 1. The fourth-order valence-corrected chi connectivity index (χ4v) is 2.94. The molecule has 2 amide bonds. The first-order valence-corrected chi connectivity index (χ1v) is 7.24. The number of nitrogens with one attached hydrogen (secondary N) is 1. The maximum Gasteiger partial charge on any atom is 0.252 e. The van der Waals surface area contributed by atoms with E-state index in [2.05, 4.69) is 33.9 Å². The molecule has 0 spiro atoms. The van der Waals surface area contributed by atoms with Gasteiger partial charge in [0.05, 0.1) is 5.56 Å². The SMILES string of the molecule is CN1CC(NC(=O)c2ccc(Br)cc2S)CCC1=O. The van der Waals surface area contributed by atoms with Gasteiger partial charge in [0.15, 0.2) is 0 Å². The first-order valence-electron chi connectivity index (χ1n) is 6.00. The minimum Gasteiger partial charge on any atom is -0.347 e. The van der Waals surface area contributed by atoms with Gasteiger partial charge in [-0.15, -0.1) is 12.6 Å². The smallest absolute Gasteiger partial charge is 0.252 e. The number of nitrogens with zero attached hydrogens (tertiary/aromatic N) is 1. The molecule has 0 saturated carbocycles. The Balaban J connectivity index is 2.03. The van der Waals surface area contributed by atoms with Crippen molar-refractivity contribution < 1.29 is 9.59 Å². The van der Waals surface area contributed by atoms with Crippen LogP contribution in [0.25, 0.3) is 0 Å². The Labute approximate surface area is 126 Å². The highest BCUT2D eigenvalue weighted by Gasteiger charge is 2.24. The van der Waals surface area contributed by atoms with Gasteiger partial charge in [-0.3, -0.25) is 9.59 Å². The molecule has 0 radical (unpaired) electrons. The quantitative estimate of drug-likeness (QED) is 0.808. The van der Waals surface area contributed by atoms with Crippen LogP contribution >= 0.6 is 28.6 Å². The van der Waals surface area contributed by atoms with Crippen LogP contribution in [0.1, 0.15) is 23.2 Å². The predicted molar refractivity (Wildman–Crippen MR) is 79.5 cm³/mol. The van der Waals surface area contributed by atoms with Gasteiger partial charge in [-0.25, -0.2) is 0 Å². The van der Waals surface area contributed by atoms with E-state index in [-0.39, 0.29) is 17.9 Å². The molecule has 1 aromatic carbocycles. The molecule has 1 atom stereocenters. The van der Waals surface area contributed by atoms with Gasteiger partial charge in [-0.2, -0.15) is 0 Å². The van der Waals surface area contributed by atoms with E-state index in [0.29, 0.717) is 29.8 Å². The van der Waals surface area contributed by atoms with E-state index in [0.717, 1.165) is 4.47 Å². The highest BCUT2D eigenvalue weighted by molar-refractivity contribution is 9.10. The van der Waals surface area contributed by atoms with Crippen molar-refractivity contribution in [2.75, 3.05) is 13.6 Å². The second-order valence-corrected chi connectivity index (χ2v) is 6.04. The Bertz CT molecular complexity index is 521. The summed E-state index contributed by atoms with van der Waals surface area (Å²) in [5.74, 6) is -0.0192. The number of amides is 2. The van der Waals surface area contributed by atoms with Gasteiger partial charge in [0.2, 0.25) is 5.91 Å². The predicted octanol–water partition coefficient (Wildman–Crippen LogP) is 2.09. The monoisotopic (exact) mass is 342 g/mol. The van der Waals surface area contributed by atoms with Gasteiger partial charge in [-0.05, 0) is 24.6 Å². The van der Waals surface area contributed by atoms with Crippen LogP contribution < -0.4 is 5.32 Å². The molecule has 1 aliphatic rings. The molecule has 1 saturated heterocycles. The Kier molecular flexibility index (Phi) is 4.52. The summed E-state index contributed by atoms with van der Waals surface area (Å²) >= 11 is 7.64. The lowest BCUT2D eigenvalue weighted by molar-refractivity contribution is -0.132. The normalized spacial score (nSPS) is 19.4. The molecule has 102 valence electrons. The number of rotatable bonds is 2. The Morgan fingerprint density at radius 2 is 2.26 bits per heavy atom. The van der Waals surface area contributed by atoms with E-state index >= 15 is 0 Å². The Hall–Kier alpha value is -1.01. The maximum absolute atomic E-state index is 12.2. The van der Waals surface area contributed by atoms with Crippen molar-refractivity contribution >= 4 is 40.4 Å². The fourth-order valence-electron chi connectivity index (χ4n) is 2.09. The molecule has 0 bridgehead atoms. The van der Waals surface area contributed by atoms with Gasteiger partial charge in [0, 0.05) is 35.4 Å². The summed E-state index contributed by atoms with van der Waals surface area (Å²) in [6.45, 7) is 0.559. The highest BCUT2D eigenvalue weighted by Crippen LogP contribution is 2.20. The van der Waals surface area contributed by atoms with Gasteiger partial charge >= 0.3 is 0 Å². The van der Waals surface area contributed by atoms with Crippen molar-refractivity contribution in [2.24, 2.45) is 0 Å². The van der Waals surface area contributed by atoms with E-state index in [1.807, 2.05) is 6.07 Å². The van der Waals surface area contributed by atoms with E-state index in [1.54, 1.807) is 24.1 Å². The zero-order valence-electron chi connectivity index (χ0n) is 10.5. The number of likely N-dealkylation sites (tertiary alicyclic amines) is 1. The molecular formula is C13H15BrN2O2S. The summed E-state index contributed by atoms with van der Waals surface area (Å²) in [5, 5.41) is 2.95. The van der Waals surface area contributed by atoms with E-state index < -0.39 is 0 Å². The van der Waals surface area contributed by atoms with Gasteiger partial charge in [0.1, 0.15) is 0 Å². The number of carbonyl (C=O) groups is 2. The molecular weight excluding hydrogens is 328 g/mol. The number of hydrogen-bond acceptors (Lipinski definition) is 3. The van der Waals surface area contributed by atoms with E-state index in [4.69, 9.17) is 0 Å². The number of benzene rings is 1. The summed E-state index contributed by atoms with van der Waals surface area (Å²) in [6.07, 6.45) is 1.17. The zero-order valence-corrected chi connectivity index (χ0v) is 13.0. The molecule has 1 heterocycles. The van der Waals surface area contributed by atoms with Crippen molar-refractivity contribution in [1.29, 1.82) is 0 Å². The molecule has 4 nitrogen and oxygen atoms in total. The molecule has 19 heavy (non-hydrogen) atoms. The lowest BCUT2D eigenvalue weighted by Crippen LogP contribution is -2.48. The second kappa shape index (κ2) is 5.96. The minimum absolute atomic E-state index is 0.00609. The third kappa shape index (κ3) is 3.51. The standard InChI is InChI=1S/C13H15BrN2O2S/c1-16-7-9(3-5-12(16)17)15-13(18)10-4-2-8(14)6-11(10)19/h2,4,6,9,19H,3,5,7H2,1H3,(H,15,18). The van der Waals surface area contributed by atoms with Gasteiger partial charge in [0.25, 0.3) is 5.91 Å². The van der Waals surface area contributed by atoms with Crippen LogP contribution in [0, 0.1) is 0 Å². The average molecular weight is 343 g/mol.